The van der Waals surface area contributed by atoms with Gasteiger partial charge in [0, 0.05) is 6.04 Å². The highest BCUT2D eigenvalue weighted by molar-refractivity contribution is 5.78. The molecule has 0 fully saturated rings. The maximum atomic E-state index is 10.7. The zero-order valence-corrected chi connectivity index (χ0v) is 6.11. The summed E-state index contributed by atoms with van der Waals surface area (Å²) in [5, 5.41) is 9.27. The van der Waals surface area contributed by atoms with Crippen LogP contribution in [0.3, 0.4) is 0 Å². The number of nitrogens with two attached hydrogens (primary N) is 2. The highest BCUT2D eigenvalue weighted by atomic mass is 16.5. The lowest BCUT2D eigenvalue weighted by atomic mass is 10.1. The van der Waals surface area contributed by atoms with Crippen LogP contribution < -0.4 is 16.5 Å². The molecule has 6 nitrogen and oxygen atoms in total. The van der Waals surface area contributed by atoms with Crippen molar-refractivity contribution in [2.75, 3.05) is 0 Å². The van der Waals surface area contributed by atoms with Gasteiger partial charge in [0.05, 0.1) is 0 Å². The second-order valence-corrected chi connectivity index (χ2v) is 2.23. The van der Waals surface area contributed by atoms with Gasteiger partial charge in [-0.05, 0) is 6.92 Å². The number of hydrogen-bond acceptors (Lipinski definition) is 5. The van der Waals surface area contributed by atoms with Gasteiger partial charge in [-0.25, -0.2) is 14.7 Å². The number of nitrogens with one attached hydrogen (secondary N) is 1. The predicted octanol–water partition coefficient (Wildman–Crippen LogP) is -3.27. The standard InChI is InChI=1S/C5H11N3O3/c1-3(6)4(7)5(10)8(11)2-9/h2-4,8H,6-7H2,1H3. The van der Waals surface area contributed by atoms with E-state index in [1.54, 1.807) is 0 Å². The van der Waals surface area contributed by atoms with Crippen molar-refractivity contribution in [1.29, 1.82) is 0 Å². The monoisotopic (exact) mass is 161 g/mol. The van der Waals surface area contributed by atoms with Crippen molar-refractivity contribution < 1.29 is 14.7 Å². The second kappa shape index (κ2) is 4.14. The minimum absolute atomic E-state index is 0.0649. The fraction of sp³-hybridized carbons (Fsp3) is 0.600. The van der Waals surface area contributed by atoms with E-state index in [0.29, 0.717) is 0 Å². The number of hydrogen-bond donors (Lipinski definition) is 3. The normalized spacial score (nSPS) is 18.5. The second-order valence-electron chi connectivity index (χ2n) is 2.23. The van der Waals surface area contributed by atoms with E-state index in [2.05, 4.69) is 0 Å². The first-order valence-corrected chi connectivity index (χ1v) is 3.05. The van der Waals surface area contributed by atoms with E-state index in [-0.39, 0.29) is 6.41 Å². The van der Waals surface area contributed by atoms with E-state index < -0.39 is 23.1 Å². The van der Waals surface area contributed by atoms with Crippen LogP contribution in [0.15, 0.2) is 0 Å². The molecule has 0 saturated heterocycles. The van der Waals surface area contributed by atoms with Gasteiger partial charge in [0.2, 0.25) is 0 Å². The first-order chi connectivity index (χ1) is 5.00. The van der Waals surface area contributed by atoms with Crippen LogP contribution in [0.1, 0.15) is 6.92 Å². The number of carbonyl (C=O) groups is 2. The molecule has 0 saturated carbocycles. The van der Waals surface area contributed by atoms with Crippen molar-refractivity contribution in [2.45, 2.75) is 19.0 Å². The molecular weight excluding hydrogens is 150 g/mol. The van der Waals surface area contributed by atoms with E-state index in [1.165, 1.54) is 6.92 Å². The average Bonchev–Trinajstić information content (AvgIpc) is 2.00. The molecule has 6 heteroatoms. The summed E-state index contributed by atoms with van der Waals surface area (Å²) in [6.45, 7) is 1.49. The largest absolute Gasteiger partial charge is 0.619 e. The van der Waals surface area contributed by atoms with Crippen molar-refractivity contribution in [3.05, 3.63) is 5.21 Å². The summed E-state index contributed by atoms with van der Waals surface area (Å²) in [5.41, 5.74) is 10.4. The van der Waals surface area contributed by atoms with Crippen LogP contribution in [-0.2, 0) is 9.59 Å². The molecule has 5 N–H and O–H groups in total. The minimum atomic E-state index is -1.13. The van der Waals surface area contributed by atoms with E-state index >= 15 is 0 Å². The summed E-state index contributed by atoms with van der Waals surface area (Å²) in [4.78, 5) is 20.5. The van der Waals surface area contributed by atoms with Gasteiger partial charge in [-0.3, -0.25) is 0 Å². The molecule has 3 atom stereocenters. The van der Waals surface area contributed by atoms with Gasteiger partial charge in [-0.1, -0.05) is 0 Å². The molecule has 0 aromatic carbocycles. The lowest BCUT2D eigenvalue weighted by molar-refractivity contribution is -0.669. The maximum Gasteiger partial charge on any atom is 0.337 e. The number of quaternary nitrogens is 1. The molecule has 0 heterocycles. The van der Waals surface area contributed by atoms with Crippen LogP contribution in [-0.4, -0.2) is 24.4 Å². The Morgan fingerprint density at radius 3 is 2.36 bits per heavy atom. The van der Waals surface area contributed by atoms with Crippen LogP contribution in [0, 0.1) is 5.21 Å². The third kappa shape index (κ3) is 2.72. The highest BCUT2D eigenvalue weighted by Gasteiger charge is 2.23. The summed E-state index contributed by atoms with van der Waals surface area (Å²) in [6, 6.07) is -1.70. The number of hydroxylamine groups is 2. The summed E-state index contributed by atoms with van der Waals surface area (Å²) < 4.78 is 0. The molecule has 2 amide bonds. The zero-order chi connectivity index (χ0) is 9.02. The van der Waals surface area contributed by atoms with Gasteiger partial charge in [-0.2, -0.15) is 0 Å². The van der Waals surface area contributed by atoms with Crippen molar-refractivity contribution in [1.82, 2.24) is 0 Å². The Balaban J connectivity index is 4.12. The topological polar surface area (TPSA) is 114 Å². The number of carbonyl (C=O) groups excluding carboxylic acids is 2. The molecule has 0 aromatic rings. The molecule has 0 aliphatic carbocycles. The highest BCUT2D eigenvalue weighted by Crippen LogP contribution is 1.80. The van der Waals surface area contributed by atoms with Crippen molar-refractivity contribution in [3.8, 4) is 0 Å². The summed E-state index contributed by atoms with van der Waals surface area (Å²) in [5.74, 6) is -0.935. The molecule has 0 aliphatic rings. The number of rotatable bonds is 3. The number of imide groups is 1. The third-order valence-electron chi connectivity index (χ3n) is 1.22. The van der Waals surface area contributed by atoms with E-state index in [9.17, 15) is 14.8 Å². The first kappa shape index (κ1) is 10.2. The predicted molar refractivity (Wildman–Crippen MR) is 37.0 cm³/mol. The zero-order valence-electron chi connectivity index (χ0n) is 6.11. The van der Waals surface area contributed by atoms with Crippen LogP contribution in [0.4, 0.5) is 0 Å². The fourth-order valence-corrected chi connectivity index (χ4v) is 0.461. The smallest absolute Gasteiger partial charge is 0.337 e. The van der Waals surface area contributed by atoms with Crippen molar-refractivity contribution in [3.63, 3.8) is 0 Å². The molecule has 64 valence electrons. The van der Waals surface area contributed by atoms with Gasteiger partial charge in [0.1, 0.15) is 6.04 Å². The Morgan fingerprint density at radius 2 is 2.09 bits per heavy atom. The van der Waals surface area contributed by atoms with Gasteiger partial charge in [0.25, 0.3) is 0 Å². The van der Waals surface area contributed by atoms with Gasteiger partial charge >= 0.3 is 12.3 Å². The average molecular weight is 161 g/mol. The molecular formula is C5H11N3O3. The van der Waals surface area contributed by atoms with Crippen LogP contribution >= 0.6 is 0 Å². The van der Waals surface area contributed by atoms with Crippen molar-refractivity contribution in [2.24, 2.45) is 11.5 Å². The molecule has 3 unspecified atom stereocenters. The fourth-order valence-electron chi connectivity index (χ4n) is 0.461. The number of amides is 2. The summed E-state index contributed by atoms with van der Waals surface area (Å²) in [6.07, 6.45) is -0.0649. The molecule has 0 spiro atoms. The lowest BCUT2D eigenvalue weighted by Crippen LogP contribution is -3.11. The van der Waals surface area contributed by atoms with Crippen LogP contribution in [0.25, 0.3) is 0 Å². The first-order valence-electron chi connectivity index (χ1n) is 3.05. The van der Waals surface area contributed by atoms with Gasteiger partial charge in [0.15, 0.2) is 0 Å². The molecule has 0 bridgehead atoms. The molecule has 0 aliphatic heterocycles. The molecule has 0 radical (unpaired) electrons. The van der Waals surface area contributed by atoms with Crippen molar-refractivity contribution >= 4 is 12.3 Å². The molecule has 11 heavy (non-hydrogen) atoms. The summed E-state index contributed by atoms with van der Waals surface area (Å²) >= 11 is 0. The van der Waals surface area contributed by atoms with E-state index in [4.69, 9.17) is 11.5 Å². The Kier molecular flexibility index (Phi) is 3.83. The van der Waals surface area contributed by atoms with E-state index in [1.807, 2.05) is 0 Å². The Hall–Kier alpha value is -0.820. The minimum Gasteiger partial charge on any atom is -0.619 e. The van der Waals surface area contributed by atoms with Crippen LogP contribution in [0.2, 0.25) is 0 Å². The quantitative estimate of drug-likeness (QED) is 0.297. The Labute approximate surface area is 63.7 Å². The van der Waals surface area contributed by atoms with Crippen LogP contribution in [0.5, 0.6) is 0 Å². The molecule has 0 rings (SSSR count). The SMILES string of the molecule is CC(N)C(N)C(=O)[NH+]([O-])C=O. The van der Waals surface area contributed by atoms with E-state index in [0.717, 1.165) is 0 Å². The maximum absolute atomic E-state index is 10.7. The Morgan fingerprint density at radius 1 is 1.64 bits per heavy atom. The molecule has 0 aromatic heterocycles. The van der Waals surface area contributed by atoms with Gasteiger partial charge < -0.3 is 16.7 Å². The Bertz CT molecular complexity index is 159. The summed E-state index contributed by atoms with van der Waals surface area (Å²) in [7, 11) is 0. The van der Waals surface area contributed by atoms with Gasteiger partial charge in [-0.15, -0.1) is 0 Å². The lowest BCUT2D eigenvalue weighted by Gasteiger charge is -2.18. The third-order valence-corrected chi connectivity index (χ3v) is 1.22.